The second-order valence-electron chi connectivity index (χ2n) is 5.60. The van der Waals surface area contributed by atoms with Crippen LogP contribution in [0, 0.1) is 23.0 Å². The van der Waals surface area contributed by atoms with Crippen molar-refractivity contribution < 1.29 is 13.5 Å². The second kappa shape index (κ2) is 7.94. The molecule has 1 atom stereocenters. The van der Waals surface area contributed by atoms with Gasteiger partial charge in [-0.2, -0.15) is 9.65 Å². The molecule has 3 nitrogen and oxygen atoms in total. The number of rotatable bonds is 8. The summed E-state index contributed by atoms with van der Waals surface area (Å²) in [5.41, 5.74) is -0.571. The lowest BCUT2D eigenvalue weighted by atomic mass is 9.96. The maximum atomic E-state index is 13.3. The first-order valence-electron chi connectivity index (χ1n) is 7.14. The molecule has 0 saturated carbocycles. The zero-order chi connectivity index (χ0) is 15.9. The van der Waals surface area contributed by atoms with Crippen LogP contribution in [0.25, 0.3) is 0 Å². The highest BCUT2D eigenvalue weighted by Crippen LogP contribution is 2.20. The summed E-state index contributed by atoms with van der Waals surface area (Å²) in [6.07, 6.45) is 2.12. The summed E-state index contributed by atoms with van der Waals surface area (Å²) in [5.74, 6) is -1.94. The molecule has 1 unspecified atom stereocenters. The van der Waals surface area contributed by atoms with Crippen LogP contribution in [0.3, 0.4) is 0 Å². The van der Waals surface area contributed by atoms with Gasteiger partial charge in [0.25, 0.3) is 0 Å². The molecule has 0 radical (unpaired) electrons. The fraction of sp³-hybridized carbons (Fsp3) is 0.562. The van der Waals surface area contributed by atoms with Gasteiger partial charge in [0.05, 0.1) is 12.7 Å². The Balaban J connectivity index is 2.35. The van der Waals surface area contributed by atoms with E-state index in [9.17, 15) is 14.0 Å². The van der Waals surface area contributed by atoms with E-state index < -0.39 is 17.2 Å². The third-order valence-corrected chi connectivity index (χ3v) is 3.10. The highest BCUT2D eigenvalue weighted by Gasteiger charge is 2.23. The summed E-state index contributed by atoms with van der Waals surface area (Å²) in [6.45, 7) is 6.14. The van der Waals surface area contributed by atoms with E-state index in [1.807, 2.05) is 20.8 Å². The van der Waals surface area contributed by atoms with E-state index in [4.69, 9.17) is 4.74 Å². The molecule has 1 aromatic carbocycles. The third-order valence-electron chi connectivity index (χ3n) is 3.10. The first-order chi connectivity index (χ1) is 9.88. The zero-order valence-corrected chi connectivity index (χ0v) is 12.7. The minimum Gasteiger partial charge on any atom is -0.490 e. The molecule has 1 N–H and O–H groups in total. The molecule has 0 aliphatic carbocycles. The summed E-state index contributed by atoms with van der Waals surface area (Å²) < 4.78 is 31.6. The van der Waals surface area contributed by atoms with E-state index >= 15 is 0 Å². The Bertz CT molecular complexity index is 500. The quantitative estimate of drug-likeness (QED) is 0.742. The molecule has 0 bridgehead atoms. The van der Waals surface area contributed by atoms with Gasteiger partial charge >= 0.3 is 0 Å². The number of nitrogens with one attached hydrogen (secondary N) is 1. The van der Waals surface area contributed by atoms with Gasteiger partial charge in [-0.05, 0) is 52.2 Å². The van der Waals surface area contributed by atoms with Gasteiger partial charge in [-0.1, -0.05) is 6.07 Å². The van der Waals surface area contributed by atoms with Crippen LogP contribution < -0.4 is 10.1 Å². The second-order valence-corrected chi connectivity index (χ2v) is 5.60. The van der Waals surface area contributed by atoms with E-state index in [-0.39, 0.29) is 11.8 Å². The Hall–Kier alpha value is -1.67. The lowest BCUT2D eigenvalue weighted by Gasteiger charge is -2.25. The number of hydrogen-bond acceptors (Lipinski definition) is 3. The van der Waals surface area contributed by atoms with Crippen molar-refractivity contribution in [1.82, 2.24) is 5.32 Å². The standard InChI is InChI=1S/C16H22F2N2O/c1-12(2)20-16(3,11-19)9-4-5-10-21-14-8-6-7-13(17)15(14)18/h6-8,12,20H,4-5,9-10H2,1-3H3. The number of benzene rings is 1. The molecule has 5 heteroatoms. The molecule has 0 aliphatic heterocycles. The minimum absolute atomic E-state index is 0.0710. The molecule has 0 heterocycles. The number of halogens is 2. The van der Waals surface area contributed by atoms with Crippen LogP contribution in [-0.2, 0) is 0 Å². The summed E-state index contributed by atoms with van der Waals surface area (Å²) in [7, 11) is 0. The van der Waals surface area contributed by atoms with Gasteiger partial charge in [-0.15, -0.1) is 0 Å². The topological polar surface area (TPSA) is 45.0 Å². The summed E-state index contributed by atoms with van der Waals surface area (Å²) in [5, 5.41) is 12.4. The SMILES string of the molecule is CC(C)NC(C)(C#N)CCCCOc1cccc(F)c1F. The first kappa shape index (κ1) is 17.4. The van der Waals surface area contributed by atoms with Crippen molar-refractivity contribution in [2.24, 2.45) is 0 Å². The molecule has 1 aromatic rings. The Morgan fingerprint density at radius 2 is 2.05 bits per heavy atom. The van der Waals surface area contributed by atoms with E-state index in [1.54, 1.807) is 0 Å². The summed E-state index contributed by atoms with van der Waals surface area (Å²) in [4.78, 5) is 0. The van der Waals surface area contributed by atoms with Gasteiger partial charge in [-0.25, -0.2) is 4.39 Å². The molecule has 21 heavy (non-hydrogen) atoms. The molecule has 0 saturated heterocycles. The van der Waals surface area contributed by atoms with Crippen LogP contribution in [0.5, 0.6) is 5.75 Å². The third kappa shape index (κ3) is 5.68. The van der Waals surface area contributed by atoms with E-state index in [0.29, 0.717) is 19.4 Å². The smallest absolute Gasteiger partial charge is 0.200 e. The number of unbranched alkanes of at least 4 members (excludes halogenated alkanes) is 1. The van der Waals surface area contributed by atoms with Crippen LogP contribution in [0.15, 0.2) is 18.2 Å². The number of nitrogens with zero attached hydrogens (tertiary/aromatic N) is 1. The molecule has 0 aromatic heterocycles. The zero-order valence-electron chi connectivity index (χ0n) is 12.7. The number of nitriles is 1. The van der Waals surface area contributed by atoms with Gasteiger partial charge in [0.1, 0.15) is 5.54 Å². The maximum Gasteiger partial charge on any atom is 0.200 e. The Kier molecular flexibility index (Phi) is 6.57. The van der Waals surface area contributed by atoms with Crippen molar-refractivity contribution in [1.29, 1.82) is 5.26 Å². The van der Waals surface area contributed by atoms with E-state index in [1.165, 1.54) is 12.1 Å². The molecule has 0 spiro atoms. The summed E-state index contributed by atoms with van der Waals surface area (Å²) in [6, 6.07) is 6.37. The van der Waals surface area contributed by atoms with E-state index in [2.05, 4.69) is 11.4 Å². The molecular formula is C16H22F2N2O. The Morgan fingerprint density at radius 1 is 1.33 bits per heavy atom. The Morgan fingerprint density at radius 3 is 2.67 bits per heavy atom. The summed E-state index contributed by atoms with van der Waals surface area (Å²) >= 11 is 0. The largest absolute Gasteiger partial charge is 0.490 e. The van der Waals surface area contributed by atoms with Gasteiger partial charge in [0.15, 0.2) is 11.6 Å². The van der Waals surface area contributed by atoms with Crippen LogP contribution in [-0.4, -0.2) is 18.2 Å². The predicted molar refractivity (Wildman–Crippen MR) is 78.0 cm³/mol. The predicted octanol–water partition coefficient (Wildman–Crippen LogP) is 3.79. The number of ether oxygens (including phenoxy) is 1. The van der Waals surface area contributed by atoms with Gasteiger partial charge in [-0.3, -0.25) is 5.32 Å². The van der Waals surface area contributed by atoms with Gasteiger partial charge in [0.2, 0.25) is 5.82 Å². The average molecular weight is 296 g/mol. The lowest BCUT2D eigenvalue weighted by Crippen LogP contribution is -2.44. The number of hydrogen-bond donors (Lipinski definition) is 1. The van der Waals surface area contributed by atoms with Crippen molar-refractivity contribution in [2.45, 2.75) is 51.6 Å². The Labute approximate surface area is 124 Å². The van der Waals surface area contributed by atoms with Crippen molar-refractivity contribution in [3.63, 3.8) is 0 Å². The maximum absolute atomic E-state index is 13.3. The van der Waals surface area contributed by atoms with Crippen LogP contribution in [0.2, 0.25) is 0 Å². The normalized spacial score (nSPS) is 13.8. The fourth-order valence-corrected chi connectivity index (χ4v) is 2.16. The molecule has 0 aliphatic rings. The van der Waals surface area contributed by atoms with Crippen molar-refractivity contribution >= 4 is 0 Å². The highest BCUT2D eigenvalue weighted by molar-refractivity contribution is 5.24. The van der Waals surface area contributed by atoms with Crippen LogP contribution in [0.1, 0.15) is 40.0 Å². The van der Waals surface area contributed by atoms with E-state index in [0.717, 1.165) is 12.5 Å². The first-order valence-corrected chi connectivity index (χ1v) is 7.14. The van der Waals surface area contributed by atoms with Crippen LogP contribution >= 0.6 is 0 Å². The van der Waals surface area contributed by atoms with Gasteiger partial charge < -0.3 is 4.74 Å². The van der Waals surface area contributed by atoms with Crippen molar-refractivity contribution in [3.05, 3.63) is 29.8 Å². The van der Waals surface area contributed by atoms with Gasteiger partial charge in [0, 0.05) is 6.04 Å². The fourth-order valence-electron chi connectivity index (χ4n) is 2.16. The molecular weight excluding hydrogens is 274 g/mol. The minimum atomic E-state index is -0.958. The molecule has 0 fully saturated rings. The monoisotopic (exact) mass is 296 g/mol. The highest BCUT2D eigenvalue weighted by atomic mass is 19.2. The molecule has 1 rings (SSSR count). The average Bonchev–Trinajstić information content (AvgIpc) is 2.42. The van der Waals surface area contributed by atoms with Crippen LogP contribution in [0.4, 0.5) is 8.78 Å². The van der Waals surface area contributed by atoms with Crippen molar-refractivity contribution in [3.8, 4) is 11.8 Å². The van der Waals surface area contributed by atoms with Crippen molar-refractivity contribution in [2.75, 3.05) is 6.61 Å². The lowest BCUT2D eigenvalue weighted by molar-refractivity contribution is 0.276. The molecule has 0 amide bonds. The molecule has 116 valence electrons.